The van der Waals surface area contributed by atoms with Crippen LogP contribution in [0.15, 0.2) is 12.2 Å². The lowest BCUT2D eigenvalue weighted by Gasteiger charge is -2.61. The van der Waals surface area contributed by atoms with Crippen molar-refractivity contribution in [2.24, 2.45) is 63.6 Å². The molecule has 0 heterocycles. The van der Waals surface area contributed by atoms with Gasteiger partial charge in [0, 0.05) is 19.1 Å². The molecule has 5 aliphatic rings. The van der Waals surface area contributed by atoms with Crippen molar-refractivity contribution in [2.75, 3.05) is 13.7 Å². The Morgan fingerprint density at radius 1 is 1.03 bits per heavy atom. The second kappa shape index (κ2) is 8.65. The van der Waals surface area contributed by atoms with Gasteiger partial charge in [-0.2, -0.15) is 0 Å². The molecule has 1 N–H and O–H groups in total. The van der Waals surface area contributed by atoms with Crippen LogP contribution >= 0.6 is 0 Å². The zero-order valence-electron chi connectivity index (χ0n) is 22.5. The van der Waals surface area contributed by atoms with Crippen molar-refractivity contribution in [2.45, 2.75) is 105 Å². The Balaban J connectivity index is 1.34. The van der Waals surface area contributed by atoms with Crippen molar-refractivity contribution in [3.8, 4) is 0 Å². The number of hydrogen-bond acceptors (Lipinski definition) is 2. The summed E-state index contributed by atoms with van der Waals surface area (Å²) in [6.45, 7) is 12.6. The average molecular weight is 457 g/mol. The molecule has 0 bridgehead atoms. The molecule has 0 aromatic carbocycles. The predicted octanol–water partition coefficient (Wildman–Crippen LogP) is 7.51. The molecule has 5 saturated carbocycles. The first kappa shape index (κ1) is 24.4. The lowest BCUT2D eigenvalue weighted by molar-refractivity contribution is -0.160. The van der Waals surface area contributed by atoms with Crippen molar-refractivity contribution < 1.29 is 9.84 Å². The Morgan fingerprint density at radius 3 is 2.48 bits per heavy atom. The fourth-order valence-electron chi connectivity index (χ4n) is 11.0. The van der Waals surface area contributed by atoms with E-state index in [9.17, 15) is 5.11 Å². The van der Waals surface area contributed by atoms with Crippen molar-refractivity contribution in [3.05, 3.63) is 12.2 Å². The van der Waals surface area contributed by atoms with Gasteiger partial charge in [-0.3, -0.25) is 0 Å². The molecule has 0 amide bonds. The van der Waals surface area contributed by atoms with Crippen LogP contribution in [0.2, 0.25) is 0 Å². The Bertz CT molecular complexity index is 745. The zero-order valence-corrected chi connectivity index (χ0v) is 22.5. The summed E-state index contributed by atoms with van der Waals surface area (Å²) in [4.78, 5) is 0. The molecule has 0 unspecified atom stereocenters. The Kier molecular flexibility index (Phi) is 6.38. The molecule has 1 spiro atoms. The third kappa shape index (κ3) is 3.39. The molecule has 0 aliphatic heterocycles. The fourth-order valence-corrected chi connectivity index (χ4v) is 11.0. The third-order valence-corrected chi connectivity index (χ3v) is 12.8. The van der Waals surface area contributed by atoms with E-state index in [0.29, 0.717) is 46.7 Å². The van der Waals surface area contributed by atoms with Crippen molar-refractivity contribution in [3.63, 3.8) is 0 Å². The summed E-state index contributed by atoms with van der Waals surface area (Å²) in [7, 11) is 2.01. The molecule has 2 nitrogen and oxygen atoms in total. The quantitative estimate of drug-likeness (QED) is 0.383. The highest BCUT2D eigenvalue weighted by atomic mass is 16.5. The van der Waals surface area contributed by atoms with Gasteiger partial charge in [0.1, 0.15) is 0 Å². The standard InChI is InChI=1S/C31H52O2/c1-7-8-22(21(3)19-32)10-9-20(2)25-11-12-26-24-17-28(33-6)31-18-23(31)13-16-30(31,5)27(24)14-15-29(25,26)4/h9-10,20-28,32H,7-8,11-19H2,1-6H3/b10-9+/t20-,21+,22+,23-,24+,25-,26+,27+,28-,29-,30-,31+/m1/s1. The highest BCUT2D eigenvalue weighted by molar-refractivity contribution is 5.26. The van der Waals surface area contributed by atoms with Gasteiger partial charge in [-0.05, 0) is 116 Å². The maximum atomic E-state index is 9.72. The van der Waals surface area contributed by atoms with E-state index in [1.807, 2.05) is 7.11 Å². The summed E-state index contributed by atoms with van der Waals surface area (Å²) in [6, 6.07) is 0. The first-order valence-electron chi connectivity index (χ1n) is 14.6. The predicted molar refractivity (Wildman–Crippen MR) is 137 cm³/mol. The molecular formula is C31H52O2. The maximum absolute atomic E-state index is 9.72. The van der Waals surface area contributed by atoms with Crippen LogP contribution in [0, 0.1) is 63.6 Å². The SMILES string of the molecule is CCC[C@@H](/C=C/[C@@H](C)[C@H]1CC[C@H]2[C@@H]3C[C@@H](OC)[C@]45C[C@H]4CC[C@]5(C)[C@H]3CC[C@]12C)[C@@H](C)CO. The van der Waals surface area contributed by atoms with Gasteiger partial charge in [0.2, 0.25) is 0 Å². The number of fused-ring (bicyclic) bond motifs is 4. The van der Waals surface area contributed by atoms with Crippen LogP contribution in [0.1, 0.15) is 98.8 Å². The second-order valence-corrected chi connectivity index (χ2v) is 13.8. The molecule has 33 heavy (non-hydrogen) atoms. The molecule has 5 aliphatic carbocycles. The van der Waals surface area contributed by atoms with Crippen molar-refractivity contribution >= 4 is 0 Å². The van der Waals surface area contributed by atoms with Gasteiger partial charge in [-0.25, -0.2) is 0 Å². The van der Waals surface area contributed by atoms with Crippen LogP contribution in [0.5, 0.6) is 0 Å². The monoisotopic (exact) mass is 456 g/mol. The normalized spacial score (nSPS) is 50.9. The van der Waals surface area contributed by atoms with Crippen LogP contribution in [-0.2, 0) is 4.74 Å². The summed E-state index contributed by atoms with van der Waals surface area (Å²) in [5.74, 6) is 6.04. The number of rotatable bonds is 8. The van der Waals surface area contributed by atoms with Crippen LogP contribution < -0.4 is 0 Å². The van der Waals surface area contributed by atoms with E-state index in [1.165, 1.54) is 64.2 Å². The molecular weight excluding hydrogens is 404 g/mol. The molecule has 2 heteroatoms. The summed E-state index contributed by atoms with van der Waals surface area (Å²) in [6.07, 6.45) is 19.4. The van der Waals surface area contributed by atoms with E-state index in [-0.39, 0.29) is 0 Å². The van der Waals surface area contributed by atoms with E-state index < -0.39 is 0 Å². The minimum absolute atomic E-state index is 0.303. The first-order valence-corrected chi connectivity index (χ1v) is 14.6. The van der Waals surface area contributed by atoms with Gasteiger partial charge < -0.3 is 9.84 Å². The number of aliphatic hydroxyl groups is 1. The largest absolute Gasteiger partial charge is 0.396 e. The topological polar surface area (TPSA) is 29.5 Å². The summed E-state index contributed by atoms with van der Waals surface area (Å²) >= 11 is 0. The minimum atomic E-state index is 0.303. The minimum Gasteiger partial charge on any atom is -0.396 e. The highest BCUT2D eigenvalue weighted by Crippen LogP contribution is 2.82. The molecule has 0 radical (unpaired) electrons. The van der Waals surface area contributed by atoms with Crippen molar-refractivity contribution in [1.82, 2.24) is 0 Å². The van der Waals surface area contributed by atoms with E-state index in [1.54, 1.807) is 0 Å². The van der Waals surface area contributed by atoms with Gasteiger partial charge in [0.05, 0.1) is 6.10 Å². The van der Waals surface area contributed by atoms with E-state index in [0.717, 1.165) is 29.6 Å². The van der Waals surface area contributed by atoms with E-state index in [2.05, 4.69) is 46.8 Å². The number of aliphatic hydroxyl groups excluding tert-OH is 1. The molecule has 5 rings (SSSR count). The van der Waals surface area contributed by atoms with Crippen LogP contribution in [-0.4, -0.2) is 24.9 Å². The van der Waals surface area contributed by atoms with Gasteiger partial charge in [0.25, 0.3) is 0 Å². The van der Waals surface area contributed by atoms with E-state index in [4.69, 9.17) is 4.74 Å². The average Bonchev–Trinajstić information content (AvgIpc) is 3.31. The molecule has 0 saturated heterocycles. The Labute approximate surface area is 204 Å². The number of methoxy groups -OCH3 is 1. The smallest absolute Gasteiger partial charge is 0.0638 e. The summed E-state index contributed by atoms with van der Waals surface area (Å²) < 4.78 is 6.31. The number of ether oxygens (including phenoxy) is 1. The zero-order chi connectivity index (χ0) is 23.6. The first-order chi connectivity index (χ1) is 15.8. The van der Waals surface area contributed by atoms with Gasteiger partial charge in [0.15, 0.2) is 0 Å². The Hall–Kier alpha value is -0.340. The number of hydrogen-bond donors (Lipinski definition) is 1. The second-order valence-electron chi connectivity index (χ2n) is 13.8. The molecule has 0 aromatic heterocycles. The lowest BCUT2D eigenvalue weighted by atomic mass is 9.45. The maximum Gasteiger partial charge on any atom is 0.0638 e. The van der Waals surface area contributed by atoms with Crippen LogP contribution in [0.3, 0.4) is 0 Å². The fraction of sp³-hybridized carbons (Fsp3) is 0.935. The van der Waals surface area contributed by atoms with Gasteiger partial charge in [-0.1, -0.05) is 53.2 Å². The van der Waals surface area contributed by atoms with Crippen LogP contribution in [0.4, 0.5) is 0 Å². The van der Waals surface area contributed by atoms with E-state index >= 15 is 0 Å². The van der Waals surface area contributed by atoms with Crippen molar-refractivity contribution in [1.29, 1.82) is 0 Å². The van der Waals surface area contributed by atoms with Gasteiger partial charge >= 0.3 is 0 Å². The Morgan fingerprint density at radius 2 is 1.82 bits per heavy atom. The summed E-state index contributed by atoms with van der Waals surface area (Å²) in [5.41, 5.74) is 1.58. The molecule has 188 valence electrons. The highest BCUT2D eigenvalue weighted by Gasteiger charge is 2.77. The molecule has 5 fully saturated rings. The number of allylic oxidation sites excluding steroid dienone is 2. The van der Waals surface area contributed by atoms with Crippen LogP contribution in [0.25, 0.3) is 0 Å². The lowest BCUT2D eigenvalue weighted by Crippen LogP contribution is -2.57. The summed E-state index contributed by atoms with van der Waals surface area (Å²) in [5, 5.41) is 9.72. The molecule has 0 aromatic rings. The van der Waals surface area contributed by atoms with Gasteiger partial charge in [-0.15, -0.1) is 0 Å². The molecule has 12 atom stereocenters. The third-order valence-electron chi connectivity index (χ3n) is 12.8.